The van der Waals surface area contributed by atoms with Gasteiger partial charge in [0.05, 0.1) is 12.2 Å². The minimum Gasteiger partial charge on any atom is -0.478 e. The van der Waals surface area contributed by atoms with Crippen LogP contribution in [0.2, 0.25) is 0 Å². The predicted molar refractivity (Wildman–Crippen MR) is 67.6 cm³/mol. The van der Waals surface area contributed by atoms with Crippen molar-refractivity contribution in [3.8, 4) is 0 Å². The highest BCUT2D eigenvalue weighted by molar-refractivity contribution is 5.87. The van der Waals surface area contributed by atoms with Gasteiger partial charge in [-0.05, 0) is 30.7 Å². The van der Waals surface area contributed by atoms with Gasteiger partial charge in [-0.25, -0.2) is 4.79 Å². The first-order valence-electron chi connectivity index (χ1n) is 5.89. The molecule has 0 bridgehead atoms. The van der Waals surface area contributed by atoms with Crippen LogP contribution in [0.15, 0.2) is 24.3 Å². The van der Waals surface area contributed by atoms with E-state index in [0.717, 1.165) is 31.7 Å². The van der Waals surface area contributed by atoms with Crippen LogP contribution in [0, 0.1) is 0 Å². The van der Waals surface area contributed by atoms with Crippen molar-refractivity contribution in [2.75, 3.05) is 25.1 Å². The first-order chi connectivity index (χ1) is 8.24. The molecule has 0 unspecified atom stereocenters. The van der Waals surface area contributed by atoms with E-state index in [1.54, 1.807) is 24.3 Å². The monoisotopic (exact) mass is 237 g/mol. The number of aromatic carboxylic acids is 1. The summed E-state index contributed by atoms with van der Waals surface area (Å²) in [5.74, 6) is -0.903. The Balaban J connectivity index is 2.21. The summed E-state index contributed by atoms with van der Waals surface area (Å²) in [6, 6.07) is 6.69. The van der Waals surface area contributed by atoms with E-state index in [2.05, 4.69) is 12.2 Å². The van der Waals surface area contributed by atoms with Crippen LogP contribution < -0.4 is 5.32 Å². The lowest BCUT2D eigenvalue weighted by atomic mass is 10.2. The second kappa shape index (κ2) is 7.68. The Labute approximate surface area is 102 Å². The van der Waals surface area contributed by atoms with Gasteiger partial charge in [-0.1, -0.05) is 13.3 Å². The van der Waals surface area contributed by atoms with Gasteiger partial charge in [0.1, 0.15) is 0 Å². The first kappa shape index (κ1) is 13.5. The average molecular weight is 237 g/mol. The zero-order valence-electron chi connectivity index (χ0n) is 10.1. The quantitative estimate of drug-likeness (QED) is 0.682. The van der Waals surface area contributed by atoms with Gasteiger partial charge in [-0.3, -0.25) is 0 Å². The van der Waals surface area contributed by atoms with Crippen LogP contribution in [0.3, 0.4) is 0 Å². The van der Waals surface area contributed by atoms with Gasteiger partial charge < -0.3 is 15.2 Å². The molecule has 0 saturated carbocycles. The molecule has 0 amide bonds. The highest BCUT2D eigenvalue weighted by Crippen LogP contribution is 2.08. The van der Waals surface area contributed by atoms with Crippen LogP contribution in [0.1, 0.15) is 30.1 Å². The maximum absolute atomic E-state index is 10.6. The van der Waals surface area contributed by atoms with Crippen LogP contribution >= 0.6 is 0 Å². The summed E-state index contributed by atoms with van der Waals surface area (Å²) in [4.78, 5) is 10.6. The Morgan fingerprint density at radius 3 is 2.59 bits per heavy atom. The summed E-state index contributed by atoms with van der Waals surface area (Å²) in [7, 11) is 0. The van der Waals surface area contributed by atoms with Gasteiger partial charge in [0, 0.05) is 18.8 Å². The molecule has 1 aromatic rings. The second-order valence-corrected chi connectivity index (χ2v) is 3.78. The van der Waals surface area contributed by atoms with Gasteiger partial charge in [0.25, 0.3) is 0 Å². The number of anilines is 1. The molecule has 17 heavy (non-hydrogen) atoms. The van der Waals surface area contributed by atoms with E-state index in [9.17, 15) is 4.79 Å². The van der Waals surface area contributed by atoms with Crippen LogP contribution in [0.4, 0.5) is 5.69 Å². The van der Waals surface area contributed by atoms with Crippen molar-refractivity contribution < 1.29 is 14.6 Å². The maximum Gasteiger partial charge on any atom is 0.335 e. The Morgan fingerprint density at radius 2 is 2.00 bits per heavy atom. The molecule has 0 radical (unpaired) electrons. The highest BCUT2D eigenvalue weighted by Gasteiger charge is 2.00. The summed E-state index contributed by atoms with van der Waals surface area (Å²) in [6.07, 6.45) is 2.23. The summed E-state index contributed by atoms with van der Waals surface area (Å²) in [6.45, 7) is 4.33. The number of ether oxygens (including phenoxy) is 1. The summed E-state index contributed by atoms with van der Waals surface area (Å²) >= 11 is 0. The van der Waals surface area contributed by atoms with Gasteiger partial charge in [0.2, 0.25) is 0 Å². The zero-order valence-corrected chi connectivity index (χ0v) is 10.1. The maximum atomic E-state index is 10.6. The number of rotatable bonds is 8. The fourth-order valence-electron chi connectivity index (χ4n) is 1.35. The third kappa shape index (κ3) is 5.36. The third-order valence-corrected chi connectivity index (χ3v) is 2.35. The summed E-state index contributed by atoms with van der Waals surface area (Å²) in [5.41, 5.74) is 1.21. The van der Waals surface area contributed by atoms with Crippen LogP contribution in [0.25, 0.3) is 0 Å². The topological polar surface area (TPSA) is 58.6 Å². The molecule has 0 aliphatic rings. The van der Waals surface area contributed by atoms with E-state index in [1.165, 1.54) is 0 Å². The molecule has 0 fully saturated rings. The minimum absolute atomic E-state index is 0.301. The smallest absolute Gasteiger partial charge is 0.335 e. The SMILES string of the molecule is CCCCOCCNc1ccc(C(=O)O)cc1. The predicted octanol–water partition coefficient (Wildman–Crippen LogP) is 2.61. The molecule has 0 saturated heterocycles. The fraction of sp³-hybridized carbons (Fsp3) is 0.462. The standard InChI is InChI=1S/C13H19NO3/c1-2-3-9-17-10-8-14-12-6-4-11(5-7-12)13(15)16/h4-7,14H,2-3,8-10H2,1H3,(H,15,16). The minimum atomic E-state index is -0.903. The Hall–Kier alpha value is -1.55. The number of benzene rings is 1. The molecule has 0 aromatic heterocycles. The Morgan fingerprint density at radius 1 is 1.29 bits per heavy atom. The molecule has 0 aliphatic heterocycles. The van der Waals surface area contributed by atoms with Crippen molar-refractivity contribution in [3.05, 3.63) is 29.8 Å². The summed E-state index contributed by atoms with van der Waals surface area (Å²) in [5, 5.41) is 11.9. The van der Waals surface area contributed by atoms with Crippen LogP contribution in [-0.2, 0) is 4.74 Å². The number of carboxylic acids is 1. The molecule has 2 N–H and O–H groups in total. The fourth-order valence-corrected chi connectivity index (χ4v) is 1.35. The normalized spacial score (nSPS) is 10.2. The van der Waals surface area contributed by atoms with E-state index in [4.69, 9.17) is 9.84 Å². The van der Waals surface area contributed by atoms with Crippen molar-refractivity contribution in [1.29, 1.82) is 0 Å². The van der Waals surface area contributed by atoms with Crippen LogP contribution in [0.5, 0.6) is 0 Å². The van der Waals surface area contributed by atoms with Crippen molar-refractivity contribution in [3.63, 3.8) is 0 Å². The van der Waals surface area contributed by atoms with E-state index < -0.39 is 5.97 Å². The molecule has 4 nitrogen and oxygen atoms in total. The molecule has 1 aromatic carbocycles. The molecule has 1 rings (SSSR count). The second-order valence-electron chi connectivity index (χ2n) is 3.78. The molecule has 0 atom stereocenters. The third-order valence-electron chi connectivity index (χ3n) is 2.35. The number of carbonyl (C=O) groups is 1. The van der Waals surface area contributed by atoms with Gasteiger partial charge in [-0.15, -0.1) is 0 Å². The van der Waals surface area contributed by atoms with Gasteiger partial charge >= 0.3 is 5.97 Å². The highest BCUT2D eigenvalue weighted by atomic mass is 16.5. The summed E-state index contributed by atoms with van der Waals surface area (Å²) < 4.78 is 5.40. The first-order valence-corrected chi connectivity index (χ1v) is 5.89. The van der Waals surface area contributed by atoms with E-state index >= 15 is 0 Å². The number of hydrogen-bond acceptors (Lipinski definition) is 3. The van der Waals surface area contributed by atoms with E-state index in [1.807, 2.05) is 0 Å². The molecular formula is C13H19NO3. The van der Waals surface area contributed by atoms with Crippen molar-refractivity contribution in [1.82, 2.24) is 0 Å². The Kier molecular flexibility index (Phi) is 6.10. The van der Waals surface area contributed by atoms with Crippen LogP contribution in [-0.4, -0.2) is 30.8 Å². The van der Waals surface area contributed by atoms with Crippen molar-refractivity contribution in [2.24, 2.45) is 0 Å². The lowest BCUT2D eigenvalue weighted by Crippen LogP contribution is -2.10. The van der Waals surface area contributed by atoms with Gasteiger partial charge in [-0.2, -0.15) is 0 Å². The van der Waals surface area contributed by atoms with E-state index in [-0.39, 0.29) is 0 Å². The van der Waals surface area contributed by atoms with Gasteiger partial charge in [0.15, 0.2) is 0 Å². The lowest BCUT2D eigenvalue weighted by molar-refractivity contribution is 0.0697. The number of unbranched alkanes of at least 4 members (excludes halogenated alkanes) is 1. The molecule has 0 heterocycles. The number of hydrogen-bond donors (Lipinski definition) is 2. The number of nitrogens with one attached hydrogen (secondary N) is 1. The molecule has 4 heteroatoms. The molecular weight excluding hydrogens is 218 g/mol. The molecule has 0 aliphatic carbocycles. The Bertz CT molecular complexity index is 335. The zero-order chi connectivity index (χ0) is 12.5. The largest absolute Gasteiger partial charge is 0.478 e. The van der Waals surface area contributed by atoms with Crippen molar-refractivity contribution in [2.45, 2.75) is 19.8 Å². The van der Waals surface area contributed by atoms with Crippen molar-refractivity contribution >= 4 is 11.7 Å². The molecule has 94 valence electrons. The molecule has 0 spiro atoms. The lowest BCUT2D eigenvalue weighted by Gasteiger charge is -2.07. The van der Waals surface area contributed by atoms with E-state index in [0.29, 0.717) is 12.2 Å². The average Bonchev–Trinajstić information content (AvgIpc) is 2.34. The number of carboxylic acid groups (broad SMARTS) is 1.